The maximum Gasteiger partial charge on any atom is 0.252 e. The van der Waals surface area contributed by atoms with Crippen LogP contribution < -0.4 is 5.32 Å². The van der Waals surface area contributed by atoms with Crippen molar-refractivity contribution in [2.75, 3.05) is 13.1 Å². The summed E-state index contributed by atoms with van der Waals surface area (Å²) >= 11 is 1.21. The van der Waals surface area contributed by atoms with Gasteiger partial charge in [-0.3, -0.25) is 4.79 Å². The highest BCUT2D eigenvalue weighted by Gasteiger charge is 2.33. The Morgan fingerprint density at radius 1 is 1.24 bits per heavy atom. The molecule has 0 aliphatic carbocycles. The third-order valence-corrected chi connectivity index (χ3v) is 8.16. The molecule has 2 aromatic rings. The number of benzene rings is 1. The highest BCUT2D eigenvalue weighted by atomic mass is 32.2. The summed E-state index contributed by atoms with van der Waals surface area (Å²) in [5.41, 5.74) is 2.10. The molecule has 3 rings (SSSR count). The summed E-state index contributed by atoms with van der Waals surface area (Å²) in [5.74, 6) is -0.416. The van der Waals surface area contributed by atoms with Gasteiger partial charge in [0.2, 0.25) is 5.91 Å². The number of rotatable bonds is 8. The van der Waals surface area contributed by atoms with E-state index in [0.717, 1.165) is 11.1 Å². The van der Waals surface area contributed by atoms with E-state index in [2.05, 4.69) is 5.32 Å². The minimum absolute atomic E-state index is 0.0942. The van der Waals surface area contributed by atoms with Gasteiger partial charge in [-0.05, 0) is 49.3 Å². The number of carbonyl (C=O) groups excluding carboxylic acids is 1. The maximum atomic E-state index is 12.7. The van der Waals surface area contributed by atoms with Crippen molar-refractivity contribution in [3.05, 3.63) is 52.9 Å². The molecule has 8 heteroatoms. The molecular weight excluding hydrogens is 408 g/mol. The zero-order valence-corrected chi connectivity index (χ0v) is 18.5. The Hall–Kier alpha value is -1.74. The minimum Gasteiger partial charge on any atom is -0.374 e. The van der Waals surface area contributed by atoms with Gasteiger partial charge < -0.3 is 10.1 Å². The van der Waals surface area contributed by atoms with Crippen LogP contribution in [0.2, 0.25) is 0 Å². The van der Waals surface area contributed by atoms with E-state index in [0.29, 0.717) is 36.7 Å². The topological polar surface area (TPSA) is 75.7 Å². The predicted octanol–water partition coefficient (Wildman–Crippen LogP) is 3.39. The van der Waals surface area contributed by atoms with E-state index in [9.17, 15) is 13.2 Å². The Bertz CT molecular complexity index is 893. The molecule has 1 aromatic heterocycles. The Morgan fingerprint density at radius 3 is 2.62 bits per heavy atom. The number of hydrogen-bond acceptors (Lipinski definition) is 5. The van der Waals surface area contributed by atoms with Crippen LogP contribution in [-0.2, 0) is 32.7 Å². The average Bonchev–Trinajstić information content (AvgIpc) is 3.27. The summed E-state index contributed by atoms with van der Waals surface area (Å²) in [4.78, 5) is 12.6. The molecule has 1 atom stereocenters. The first-order valence-corrected chi connectivity index (χ1v) is 12.2. The van der Waals surface area contributed by atoms with Gasteiger partial charge in [-0.2, -0.15) is 4.31 Å². The molecule has 1 aliphatic heterocycles. The van der Waals surface area contributed by atoms with Crippen molar-refractivity contribution >= 4 is 27.3 Å². The predicted molar refractivity (Wildman–Crippen MR) is 114 cm³/mol. The molecule has 0 bridgehead atoms. The molecule has 158 valence electrons. The van der Waals surface area contributed by atoms with Gasteiger partial charge in [0.15, 0.2) is 0 Å². The van der Waals surface area contributed by atoms with Gasteiger partial charge >= 0.3 is 0 Å². The molecule has 1 aliphatic rings. The Kier molecular flexibility index (Phi) is 7.45. The van der Waals surface area contributed by atoms with Gasteiger partial charge in [-0.15, -0.1) is 11.3 Å². The van der Waals surface area contributed by atoms with Crippen molar-refractivity contribution in [1.82, 2.24) is 9.62 Å². The lowest BCUT2D eigenvalue weighted by Gasteiger charge is -2.30. The van der Waals surface area contributed by atoms with Gasteiger partial charge in [0.25, 0.3) is 10.0 Å². The molecule has 1 unspecified atom stereocenters. The van der Waals surface area contributed by atoms with Crippen molar-refractivity contribution < 1.29 is 17.9 Å². The Morgan fingerprint density at radius 2 is 1.97 bits per heavy atom. The van der Waals surface area contributed by atoms with E-state index < -0.39 is 10.0 Å². The zero-order chi connectivity index (χ0) is 20.9. The molecule has 1 N–H and O–H groups in total. The third kappa shape index (κ3) is 5.88. The second-order valence-electron chi connectivity index (χ2n) is 7.53. The van der Waals surface area contributed by atoms with E-state index in [1.165, 1.54) is 15.6 Å². The fourth-order valence-corrected chi connectivity index (χ4v) is 5.93. The van der Waals surface area contributed by atoms with E-state index in [4.69, 9.17) is 4.74 Å². The lowest BCUT2D eigenvalue weighted by Crippen LogP contribution is -2.45. The first kappa shape index (κ1) is 22.0. The Labute approximate surface area is 176 Å². The number of hydrogen-bond donors (Lipinski definition) is 1. The lowest BCUT2D eigenvalue weighted by molar-refractivity contribution is -0.126. The molecule has 1 saturated heterocycles. The number of nitrogens with one attached hydrogen (secondary N) is 1. The molecule has 0 saturated carbocycles. The molecule has 0 spiro atoms. The van der Waals surface area contributed by atoms with Crippen LogP contribution in [0.3, 0.4) is 0 Å². The first-order valence-electron chi connectivity index (χ1n) is 9.87. The van der Waals surface area contributed by atoms with E-state index in [-0.39, 0.29) is 24.5 Å². The van der Waals surface area contributed by atoms with Gasteiger partial charge in [0, 0.05) is 19.6 Å². The summed E-state index contributed by atoms with van der Waals surface area (Å²) in [6, 6.07) is 11.3. The second-order valence-corrected chi connectivity index (χ2v) is 10.6. The number of thiophene rings is 1. The van der Waals surface area contributed by atoms with Crippen molar-refractivity contribution in [1.29, 1.82) is 0 Å². The number of ether oxygens (including phenoxy) is 1. The quantitative estimate of drug-likeness (QED) is 0.688. The SMILES string of the molecule is CC(C)OCc1ccc(CNC(=O)C2CCCN(S(=O)(=O)c3cccs3)C2)cc1. The summed E-state index contributed by atoms with van der Waals surface area (Å²) in [7, 11) is -3.51. The normalized spacial score (nSPS) is 18.1. The van der Waals surface area contributed by atoms with Gasteiger partial charge in [0.1, 0.15) is 4.21 Å². The van der Waals surface area contributed by atoms with Crippen LogP contribution in [-0.4, -0.2) is 37.8 Å². The van der Waals surface area contributed by atoms with E-state index >= 15 is 0 Å². The highest BCUT2D eigenvalue weighted by molar-refractivity contribution is 7.91. The smallest absolute Gasteiger partial charge is 0.252 e. The molecule has 0 radical (unpaired) electrons. The van der Waals surface area contributed by atoms with Crippen molar-refractivity contribution in [3.8, 4) is 0 Å². The van der Waals surface area contributed by atoms with Crippen molar-refractivity contribution in [3.63, 3.8) is 0 Å². The molecule has 1 amide bonds. The van der Waals surface area contributed by atoms with Crippen molar-refractivity contribution in [2.24, 2.45) is 5.92 Å². The fourth-order valence-electron chi connectivity index (χ4n) is 3.26. The number of carbonyl (C=O) groups is 1. The monoisotopic (exact) mass is 436 g/mol. The Balaban J connectivity index is 1.53. The van der Waals surface area contributed by atoms with Crippen LogP contribution in [0.1, 0.15) is 37.8 Å². The van der Waals surface area contributed by atoms with E-state index in [1.54, 1.807) is 17.5 Å². The average molecular weight is 437 g/mol. The number of piperidine rings is 1. The van der Waals surface area contributed by atoms with Crippen LogP contribution in [0.25, 0.3) is 0 Å². The highest BCUT2D eigenvalue weighted by Crippen LogP contribution is 2.26. The van der Waals surface area contributed by atoms with Crippen LogP contribution in [0.5, 0.6) is 0 Å². The molecule has 6 nitrogen and oxygen atoms in total. The van der Waals surface area contributed by atoms with Gasteiger partial charge in [-0.25, -0.2) is 8.42 Å². The van der Waals surface area contributed by atoms with E-state index in [1.807, 2.05) is 38.1 Å². The lowest BCUT2D eigenvalue weighted by atomic mass is 9.98. The largest absolute Gasteiger partial charge is 0.374 e. The summed E-state index contributed by atoms with van der Waals surface area (Å²) < 4.78 is 32.8. The summed E-state index contributed by atoms with van der Waals surface area (Å²) in [6.45, 7) is 5.70. The van der Waals surface area contributed by atoms with Crippen LogP contribution >= 0.6 is 11.3 Å². The minimum atomic E-state index is -3.51. The first-order chi connectivity index (χ1) is 13.9. The number of amides is 1. The molecule has 1 fully saturated rings. The van der Waals surface area contributed by atoms with Crippen LogP contribution in [0, 0.1) is 5.92 Å². The molecule has 2 heterocycles. The molecular formula is C21H28N2O4S2. The third-order valence-electron chi connectivity index (χ3n) is 4.92. The summed E-state index contributed by atoms with van der Waals surface area (Å²) in [5, 5.41) is 4.71. The van der Waals surface area contributed by atoms with Crippen LogP contribution in [0.4, 0.5) is 0 Å². The molecule has 29 heavy (non-hydrogen) atoms. The zero-order valence-electron chi connectivity index (χ0n) is 16.8. The number of sulfonamides is 1. The van der Waals surface area contributed by atoms with Crippen molar-refractivity contribution in [2.45, 2.75) is 50.2 Å². The standard InChI is InChI=1S/C21H28N2O4S2/c1-16(2)27-15-18-9-7-17(8-10-18)13-22-21(24)19-5-3-11-23(14-19)29(25,26)20-6-4-12-28-20/h4,6-10,12,16,19H,3,5,11,13-15H2,1-2H3,(H,22,24). The molecule has 1 aromatic carbocycles. The van der Waals surface area contributed by atoms with Gasteiger partial charge in [0.05, 0.1) is 18.6 Å². The van der Waals surface area contributed by atoms with Crippen LogP contribution in [0.15, 0.2) is 46.0 Å². The summed E-state index contributed by atoms with van der Waals surface area (Å²) in [6.07, 6.45) is 1.58. The second kappa shape index (κ2) is 9.84. The maximum absolute atomic E-state index is 12.7. The fraction of sp³-hybridized carbons (Fsp3) is 0.476. The number of nitrogens with zero attached hydrogens (tertiary/aromatic N) is 1. The van der Waals surface area contributed by atoms with Gasteiger partial charge in [-0.1, -0.05) is 30.3 Å².